The standard InChI is InChI=1S/C12H14BrN3S/c1-7-15-12(11-4-8(13)6-17-11)10-5-9(14)2-3-16(7)10/h4,6,9H,2-3,5,14H2,1H3. The highest BCUT2D eigenvalue weighted by molar-refractivity contribution is 9.10. The highest BCUT2D eigenvalue weighted by atomic mass is 79.9. The topological polar surface area (TPSA) is 43.8 Å². The van der Waals surface area contributed by atoms with Gasteiger partial charge in [0.05, 0.1) is 4.88 Å². The van der Waals surface area contributed by atoms with Gasteiger partial charge in [0.1, 0.15) is 11.5 Å². The molecule has 3 rings (SSSR count). The lowest BCUT2D eigenvalue weighted by atomic mass is 10.0. The predicted molar refractivity (Wildman–Crippen MR) is 74.3 cm³/mol. The molecular formula is C12H14BrN3S. The van der Waals surface area contributed by atoms with Crippen molar-refractivity contribution in [1.82, 2.24) is 9.55 Å². The van der Waals surface area contributed by atoms with Crippen molar-refractivity contribution in [1.29, 1.82) is 0 Å². The average Bonchev–Trinajstić information content (AvgIpc) is 2.83. The van der Waals surface area contributed by atoms with E-state index in [9.17, 15) is 0 Å². The minimum absolute atomic E-state index is 0.278. The lowest BCUT2D eigenvalue weighted by Crippen LogP contribution is -2.31. The van der Waals surface area contributed by atoms with Crippen LogP contribution in [0.15, 0.2) is 15.9 Å². The third kappa shape index (κ3) is 1.96. The van der Waals surface area contributed by atoms with Gasteiger partial charge in [0, 0.05) is 34.6 Å². The van der Waals surface area contributed by atoms with Gasteiger partial charge in [-0.1, -0.05) is 0 Å². The number of imidazole rings is 1. The van der Waals surface area contributed by atoms with E-state index in [1.807, 2.05) is 0 Å². The molecule has 0 amide bonds. The molecule has 3 nitrogen and oxygen atoms in total. The van der Waals surface area contributed by atoms with E-state index in [1.165, 1.54) is 10.6 Å². The van der Waals surface area contributed by atoms with Crippen LogP contribution in [0.2, 0.25) is 0 Å². The number of rotatable bonds is 1. The Hall–Kier alpha value is -0.650. The lowest BCUT2D eigenvalue weighted by Gasteiger charge is -2.21. The van der Waals surface area contributed by atoms with Gasteiger partial charge in [-0.25, -0.2) is 4.98 Å². The van der Waals surface area contributed by atoms with Crippen LogP contribution in [0.1, 0.15) is 17.9 Å². The van der Waals surface area contributed by atoms with Crippen LogP contribution < -0.4 is 5.73 Å². The third-order valence-electron chi connectivity index (χ3n) is 3.24. The van der Waals surface area contributed by atoms with Gasteiger partial charge in [-0.15, -0.1) is 11.3 Å². The fourth-order valence-electron chi connectivity index (χ4n) is 2.39. The summed E-state index contributed by atoms with van der Waals surface area (Å²) in [7, 11) is 0. The monoisotopic (exact) mass is 311 g/mol. The van der Waals surface area contributed by atoms with Crippen LogP contribution in [0.25, 0.3) is 10.6 Å². The largest absolute Gasteiger partial charge is 0.331 e. The summed E-state index contributed by atoms with van der Waals surface area (Å²) in [4.78, 5) is 5.93. The van der Waals surface area contributed by atoms with Gasteiger partial charge in [0.15, 0.2) is 0 Å². The molecule has 0 aromatic carbocycles. The Bertz CT molecular complexity index is 558. The number of fused-ring (bicyclic) bond motifs is 1. The van der Waals surface area contributed by atoms with Crippen molar-refractivity contribution in [2.75, 3.05) is 0 Å². The minimum Gasteiger partial charge on any atom is -0.331 e. The Morgan fingerprint density at radius 3 is 3.12 bits per heavy atom. The lowest BCUT2D eigenvalue weighted by molar-refractivity contribution is 0.466. The van der Waals surface area contributed by atoms with Gasteiger partial charge in [0.2, 0.25) is 0 Å². The number of nitrogens with zero attached hydrogens (tertiary/aromatic N) is 2. The number of aromatic nitrogens is 2. The highest BCUT2D eigenvalue weighted by Crippen LogP contribution is 2.34. The quantitative estimate of drug-likeness (QED) is 0.880. The molecule has 17 heavy (non-hydrogen) atoms. The predicted octanol–water partition coefficient (Wildman–Crippen LogP) is 2.96. The Morgan fingerprint density at radius 1 is 1.59 bits per heavy atom. The SMILES string of the molecule is Cc1nc(-c2cc(Br)cs2)c2n1CCC(N)C2. The molecule has 5 heteroatoms. The molecule has 1 aliphatic heterocycles. The second kappa shape index (κ2) is 4.23. The molecule has 0 fully saturated rings. The van der Waals surface area contributed by atoms with Crippen LogP contribution >= 0.6 is 27.3 Å². The second-order valence-electron chi connectivity index (χ2n) is 4.49. The summed E-state index contributed by atoms with van der Waals surface area (Å²) < 4.78 is 3.43. The number of thiophene rings is 1. The van der Waals surface area contributed by atoms with Gasteiger partial charge in [-0.05, 0) is 35.3 Å². The first-order chi connectivity index (χ1) is 8.15. The summed E-state index contributed by atoms with van der Waals surface area (Å²) in [6.07, 6.45) is 1.99. The molecule has 0 aliphatic carbocycles. The van der Waals surface area contributed by atoms with E-state index >= 15 is 0 Å². The summed E-state index contributed by atoms with van der Waals surface area (Å²) in [6, 6.07) is 2.41. The van der Waals surface area contributed by atoms with Crippen LogP contribution in [0.3, 0.4) is 0 Å². The van der Waals surface area contributed by atoms with E-state index in [4.69, 9.17) is 10.7 Å². The zero-order valence-electron chi connectivity index (χ0n) is 9.61. The highest BCUT2D eigenvalue weighted by Gasteiger charge is 2.23. The van der Waals surface area contributed by atoms with Crippen molar-refractivity contribution in [3.63, 3.8) is 0 Å². The molecule has 90 valence electrons. The van der Waals surface area contributed by atoms with Crippen LogP contribution in [0.5, 0.6) is 0 Å². The van der Waals surface area contributed by atoms with E-state index < -0.39 is 0 Å². The molecule has 0 spiro atoms. The van der Waals surface area contributed by atoms with Gasteiger partial charge in [-0.2, -0.15) is 0 Å². The van der Waals surface area contributed by atoms with Gasteiger partial charge in [0.25, 0.3) is 0 Å². The van der Waals surface area contributed by atoms with Crippen LogP contribution in [-0.4, -0.2) is 15.6 Å². The maximum atomic E-state index is 6.06. The van der Waals surface area contributed by atoms with Crippen LogP contribution in [0, 0.1) is 6.92 Å². The average molecular weight is 312 g/mol. The number of hydrogen-bond acceptors (Lipinski definition) is 3. The summed E-state index contributed by atoms with van der Waals surface area (Å²) in [5.41, 5.74) is 8.48. The molecule has 0 radical (unpaired) electrons. The Kier molecular flexibility index (Phi) is 2.84. The summed E-state index contributed by atoms with van der Waals surface area (Å²) >= 11 is 5.22. The fraction of sp³-hybridized carbons (Fsp3) is 0.417. The Morgan fingerprint density at radius 2 is 2.41 bits per heavy atom. The zero-order valence-corrected chi connectivity index (χ0v) is 12.0. The maximum absolute atomic E-state index is 6.06. The summed E-state index contributed by atoms with van der Waals surface area (Å²) in [6.45, 7) is 3.08. The molecule has 3 heterocycles. The van der Waals surface area contributed by atoms with Crippen molar-refractivity contribution in [2.45, 2.75) is 32.4 Å². The van der Waals surface area contributed by atoms with Crippen molar-refractivity contribution >= 4 is 27.3 Å². The van der Waals surface area contributed by atoms with Gasteiger partial charge in [-0.3, -0.25) is 0 Å². The summed E-state index contributed by atoms with van der Waals surface area (Å²) in [5, 5.41) is 2.10. The minimum atomic E-state index is 0.278. The number of nitrogens with two attached hydrogens (primary N) is 1. The van der Waals surface area contributed by atoms with E-state index in [2.05, 4.69) is 38.9 Å². The number of aryl methyl sites for hydroxylation is 1. The first kappa shape index (κ1) is 11.4. The van der Waals surface area contributed by atoms with Crippen molar-refractivity contribution < 1.29 is 0 Å². The Balaban J connectivity index is 2.12. The second-order valence-corrected chi connectivity index (χ2v) is 6.31. The number of halogens is 1. The van der Waals surface area contributed by atoms with E-state index in [0.717, 1.165) is 35.4 Å². The molecule has 2 aromatic heterocycles. The van der Waals surface area contributed by atoms with E-state index in [1.54, 1.807) is 11.3 Å². The Labute approximate surface area is 113 Å². The molecule has 1 unspecified atom stereocenters. The molecule has 0 saturated heterocycles. The fourth-order valence-corrected chi connectivity index (χ4v) is 3.83. The molecule has 1 atom stereocenters. The normalized spacial score (nSPS) is 19.4. The zero-order chi connectivity index (χ0) is 12.0. The third-order valence-corrected chi connectivity index (χ3v) is 4.94. The first-order valence-corrected chi connectivity index (χ1v) is 7.38. The first-order valence-electron chi connectivity index (χ1n) is 5.71. The van der Waals surface area contributed by atoms with Gasteiger partial charge < -0.3 is 10.3 Å². The summed E-state index contributed by atoms with van der Waals surface area (Å²) in [5.74, 6) is 1.10. The van der Waals surface area contributed by atoms with Crippen molar-refractivity contribution in [3.05, 3.63) is 27.4 Å². The molecule has 0 bridgehead atoms. The molecule has 2 aromatic rings. The van der Waals surface area contributed by atoms with Crippen LogP contribution in [-0.2, 0) is 13.0 Å². The van der Waals surface area contributed by atoms with E-state index in [-0.39, 0.29) is 6.04 Å². The van der Waals surface area contributed by atoms with Gasteiger partial charge >= 0.3 is 0 Å². The van der Waals surface area contributed by atoms with E-state index in [0.29, 0.717) is 0 Å². The molecule has 1 aliphatic rings. The molecule has 0 saturated carbocycles. The maximum Gasteiger partial charge on any atom is 0.106 e. The van der Waals surface area contributed by atoms with Crippen LogP contribution in [0.4, 0.5) is 0 Å². The number of hydrogen-bond donors (Lipinski definition) is 1. The smallest absolute Gasteiger partial charge is 0.106 e. The van der Waals surface area contributed by atoms with Crippen molar-refractivity contribution in [3.8, 4) is 10.6 Å². The molecule has 2 N–H and O–H groups in total. The molecular weight excluding hydrogens is 298 g/mol. The van der Waals surface area contributed by atoms with Crippen molar-refractivity contribution in [2.24, 2.45) is 5.73 Å².